The van der Waals surface area contributed by atoms with E-state index in [0.717, 1.165) is 76.8 Å². The van der Waals surface area contributed by atoms with Gasteiger partial charge >= 0.3 is 0 Å². The van der Waals surface area contributed by atoms with Gasteiger partial charge in [0.05, 0.1) is 6.61 Å². The highest BCUT2D eigenvalue weighted by Gasteiger charge is 2.26. The molecule has 4 heterocycles. The minimum atomic E-state index is 0.174. The molecule has 0 saturated carbocycles. The Morgan fingerprint density at radius 1 is 1.38 bits per heavy atom. The number of aromatic nitrogens is 4. The van der Waals surface area contributed by atoms with Gasteiger partial charge in [0.15, 0.2) is 22.1 Å². The van der Waals surface area contributed by atoms with Crippen LogP contribution in [0, 0.1) is 3.57 Å². The van der Waals surface area contributed by atoms with E-state index >= 15 is 0 Å². The van der Waals surface area contributed by atoms with E-state index in [1.807, 2.05) is 4.90 Å². The molecule has 168 valence electrons. The molecule has 0 spiro atoms. The molecule has 10 heteroatoms. The summed E-state index contributed by atoms with van der Waals surface area (Å²) in [5.41, 5.74) is 8.75. The number of fused-ring (bicyclic) bond motifs is 2. The number of nitrogen functional groups attached to an aromatic ring is 1. The van der Waals surface area contributed by atoms with Gasteiger partial charge in [-0.2, -0.15) is 0 Å². The number of likely N-dealkylation sites (tertiary alicyclic amines) is 1. The van der Waals surface area contributed by atoms with Crippen LogP contribution >= 0.6 is 34.4 Å². The van der Waals surface area contributed by atoms with Crippen LogP contribution in [0.15, 0.2) is 28.5 Å². The summed E-state index contributed by atoms with van der Waals surface area (Å²) in [6.07, 6.45) is 6.50. The number of carbonyl (C=O) groups is 1. The normalized spacial score (nSPS) is 17.7. The van der Waals surface area contributed by atoms with Gasteiger partial charge in [0.25, 0.3) is 0 Å². The van der Waals surface area contributed by atoms with Crippen molar-refractivity contribution in [1.82, 2.24) is 24.4 Å². The van der Waals surface area contributed by atoms with Crippen molar-refractivity contribution in [3.05, 3.63) is 27.6 Å². The number of aryl methyl sites for hydroxylation is 1. The van der Waals surface area contributed by atoms with Crippen LogP contribution in [0.1, 0.15) is 38.2 Å². The van der Waals surface area contributed by atoms with Crippen LogP contribution in [-0.4, -0.2) is 49.5 Å². The van der Waals surface area contributed by atoms with Gasteiger partial charge in [-0.15, -0.1) is 0 Å². The standard InChI is InChI=1S/C22H25IN6O2S/c1-13(30)28-7-2-4-15(28)5-3-8-29-21-19(20(24)25-12-26-21)27-22(29)32-18-10-14-6-9-31-17(14)11-16(18)23/h10-12,15H,2-9H2,1H3,(H2,24,25,26). The van der Waals surface area contributed by atoms with E-state index in [2.05, 4.69) is 49.3 Å². The molecule has 8 nitrogen and oxygen atoms in total. The lowest BCUT2D eigenvalue weighted by atomic mass is 10.1. The number of anilines is 1. The molecule has 0 aliphatic carbocycles. The molecule has 1 fully saturated rings. The Bertz CT molecular complexity index is 1180. The van der Waals surface area contributed by atoms with Crippen molar-refractivity contribution >= 4 is 57.2 Å². The zero-order valence-electron chi connectivity index (χ0n) is 17.9. The Morgan fingerprint density at radius 3 is 3.09 bits per heavy atom. The molecule has 0 radical (unpaired) electrons. The molecule has 1 unspecified atom stereocenters. The number of hydrogen-bond donors (Lipinski definition) is 1. The average molecular weight is 564 g/mol. The average Bonchev–Trinajstić information content (AvgIpc) is 3.48. The topological polar surface area (TPSA) is 99.2 Å². The summed E-state index contributed by atoms with van der Waals surface area (Å²) in [5.74, 6) is 1.55. The van der Waals surface area contributed by atoms with Gasteiger partial charge in [-0.3, -0.25) is 4.79 Å². The van der Waals surface area contributed by atoms with E-state index in [0.29, 0.717) is 17.4 Å². The van der Waals surface area contributed by atoms with Gasteiger partial charge in [-0.25, -0.2) is 15.0 Å². The fourth-order valence-electron chi connectivity index (χ4n) is 4.60. The summed E-state index contributed by atoms with van der Waals surface area (Å²) >= 11 is 3.98. The van der Waals surface area contributed by atoms with Crippen molar-refractivity contribution in [2.24, 2.45) is 0 Å². The second-order valence-corrected chi connectivity index (χ2v) is 10.4. The Balaban J connectivity index is 1.41. The lowest BCUT2D eigenvalue weighted by Gasteiger charge is -2.23. The molecule has 2 aliphatic rings. The zero-order valence-corrected chi connectivity index (χ0v) is 20.9. The van der Waals surface area contributed by atoms with Gasteiger partial charge < -0.3 is 19.9 Å². The molecule has 2 aliphatic heterocycles. The molecule has 3 aromatic rings. The van der Waals surface area contributed by atoms with Crippen molar-refractivity contribution in [2.45, 2.75) is 61.7 Å². The number of nitrogens with two attached hydrogens (primary N) is 1. The van der Waals surface area contributed by atoms with Gasteiger partial charge in [0, 0.05) is 40.9 Å². The smallest absolute Gasteiger partial charge is 0.219 e. The Kier molecular flexibility index (Phi) is 6.15. The van der Waals surface area contributed by atoms with Crippen LogP contribution in [0.3, 0.4) is 0 Å². The first-order valence-corrected chi connectivity index (χ1v) is 12.8. The number of amides is 1. The number of ether oxygens (including phenoxy) is 1. The fourth-order valence-corrected chi connectivity index (χ4v) is 6.35. The van der Waals surface area contributed by atoms with E-state index in [1.54, 1.807) is 18.7 Å². The van der Waals surface area contributed by atoms with Crippen LogP contribution in [0.4, 0.5) is 5.82 Å². The van der Waals surface area contributed by atoms with Crippen molar-refractivity contribution in [1.29, 1.82) is 0 Å². The van der Waals surface area contributed by atoms with Gasteiger partial charge in [-0.05, 0) is 66.0 Å². The molecule has 0 bridgehead atoms. The van der Waals surface area contributed by atoms with E-state index in [4.69, 9.17) is 15.5 Å². The predicted octanol–water partition coefficient (Wildman–Crippen LogP) is 3.89. The van der Waals surface area contributed by atoms with Crippen molar-refractivity contribution < 1.29 is 9.53 Å². The van der Waals surface area contributed by atoms with E-state index < -0.39 is 0 Å². The maximum Gasteiger partial charge on any atom is 0.219 e. The molecule has 5 rings (SSSR count). The molecular weight excluding hydrogens is 539 g/mol. The largest absolute Gasteiger partial charge is 0.493 e. The van der Waals surface area contributed by atoms with Crippen molar-refractivity contribution in [3.8, 4) is 5.75 Å². The maximum absolute atomic E-state index is 11.9. The molecule has 1 aromatic carbocycles. The van der Waals surface area contributed by atoms with Crippen LogP contribution < -0.4 is 10.5 Å². The number of benzene rings is 1. The molecule has 2 N–H and O–H groups in total. The van der Waals surface area contributed by atoms with Gasteiger partial charge in [0.2, 0.25) is 5.91 Å². The van der Waals surface area contributed by atoms with Crippen LogP contribution in [0.5, 0.6) is 5.75 Å². The number of nitrogens with zero attached hydrogens (tertiary/aromatic N) is 5. The fraction of sp³-hybridized carbons (Fsp3) is 0.455. The van der Waals surface area contributed by atoms with Crippen LogP contribution in [0.2, 0.25) is 0 Å². The number of halogens is 1. The van der Waals surface area contributed by atoms with E-state index in [-0.39, 0.29) is 5.91 Å². The second kappa shape index (κ2) is 9.05. The lowest BCUT2D eigenvalue weighted by molar-refractivity contribution is -0.129. The molecule has 1 atom stereocenters. The Morgan fingerprint density at radius 2 is 2.25 bits per heavy atom. The monoisotopic (exact) mass is 564 g/mol. The minimum absolute atomic E-state index is 0.174. The summed E-state index contributed by atoms with van der Waals surface area (Å²) in [7, 11) is 0. The third kappa shape index (κ3) is 4.14. The first-order valence-electron chi connectivity index (χ1n) is 10.9. The summed E-state index contributed by atoms with van der Waals surface area (Å²) in [6.45, 7) is 4.05. The number of rotatable bonds is 6. The van der Waals surface area contributed by atoms with Crippen molar-refractivity contribution in [3.63, 3.8) is 0 Å². The highest BCUT2D eigenvalue weighted by molar-refractivity contribution is 14.1. The highest BCUT2D eigenvalue weighted by atomic mass is 127. The van der Waals surface area contributed by atoms with Crippen LogP contribution in [0.25, 0.3) is 11.2 Å². The molecule has 32 heavy (non-hydrogen) atoms. The molecule has 1 amide bonds. The quantitative estimate of drug-likeness (QED) is 0.454. The Labute approximate surface area is 204 Å². The maximum atomic E-state index is 11.9. The van der Waals surface area contributed by atoms with Gasteiger partial charge in [0.1, 0.15) is 12.1 Å². The Hall–Kier alpha value is -2.08. The first kappa shape index (κ1) is 21.7. The second-order valence-electron chi connectivity index (χ2n) is 8.22. The first-order chi connectivity index (χ1) is 15.5. The minimum Gasteiger partial charge on any atom is -0.493 e. The number of carbonyl (C=O) groups excluding carboxylic acids is 1. The summed E-state index contributed by atoms with van der Waals surface area (Å²) < 4.78 is 8.98. The third-order valence-electron chi connectivity index (χ3n) is 6.17. The summed E-state index contributed by atoms with van der Waals surface area (Å²) in [6, 6.07) is 4.63. The third-order valence-corrected chi connectivity index (χ3v) is 8.48. The zero-order chi connectivity index (χ0) is 22.2. The number of hydrogen-bond acceptors (Lipinski definition) is 7. The van der Waals surface area contributed by atoms with Crippen LogP contribution in [-0.2, 0) is 17.8 Å². The van der Waals surface area contributed by atoms with E-state index in [9.17, 15) is 4.79 Å². The number of imidazole rings is 1. The molecule has 1 saturated heterocycles. The van der Waals surface area contributed by atoms with Gasteiger partial charge in [-0.1, -0.05) is 11.8 Å². The van der Waals surface area contributed by atoms with E-state index in [1.165, 1.54) is 11.9 Å². The predicted molar refractivity (Wildman–Crippen MR) is 132 cm³/mol. The SMILES string of the molecule is CC(=O)N1CCCC1CCCn1c(Sc2cc3c(cc2I)OCC3)nc2c(N)ncnc21. The van der Waals surface area contributed by atoms with Crippen molar-refractivity contribution in [2.75, 3.05) is 18.9 Å². The molecular formula is C22H25IN6O2S. The highest BCUT2D eigenvalue weighted by Crippen LogP contribution is 2.38. The summed E-state index contributed by atoms with van der Waals surface area (Å²) in [4.78, 5) is 28.5. The molecule has 2 aromatic heterocycles. The summed E-state index contributed by atoms with van der Waals surface area (Å²) in [5, 5.41) is 0.860. The lowest BCUT2D eigenvalue weighted by Crippen LogP contribution is -2.33.